The fraction of sp³-hybridized carbons (Fsp3) is 0.250. The monoisotopic (exact) mass is 135 g/mol. The summed E-state index contributed by atoms with van der Waals surface area (Å²) in [6.45, 7) is 0.254. The molecule has 0 spiro atoms. The lowest BCUT2D eigenvalue weighted by Crippen LogP contribution is -2.14. The van der Waals surface area contributed by atoms with E-state index >= 15 is 0 Å². The van der Waals surface area contributed by atoms with Crippen LogP contribution in [0.2, 0.25) is 0 Å². The molecule has 0 aliphatic rings. The second kappa shape index (κ2) is 3.34. The molecule has 0 aliphatic heterocycles. The van der Waals surface area contributed by atoms with E-state index in [-0.39, 0.29) is 12.6 Å². The average molecular weight is 135 g/mol. The summed E-state index contributed by atoms with van der Waals surface area (Å²) in [6.07, 6.45) is 0. The van der Waals surface area contributed by atoms with Gasteiger partial charge in [0.15, 0.2) is 0 Å². The number of hydrogen-bond acceptors (Lipinski definition) is 1. The maximum absolute atomic E-state index is 7.02. The van der Waals surface area contributed by atoms with Crippen molar-refractivity contribution in [1.82, 2.24) is 5.73 Å². The molecule has 2 nitrogen and oxygen atoms in total. The van der Waals surface area contributed by atoms with Gasteiger partial charge in [-0.25, -0.2) is 0 Å². The van der Waals surface area contributed by atoms with Crippen LogP contribution in [0.4, 0.5) is 0 Å². The minimum absolute atomic E-state index is 0.124. The molecule has 0 bridgehead atoms. The van der Waals surface area contributed by atoms with E-state index in [2.05, 4.69) is 0 Å². The van der Waals surface area contributed by atoms with Crippen molar-refractivity contribution in [2.45, 2.75) is 6.04 Å². The molecule has 1 aromatic rings. The molecule has 1 aromatic carbocycles. The van der Waals surface area contributed by atoms with Gasteiger partial charge in [0.05, 0.1) is 0 Å². The lowest BCUT2D eigenvalue weighted by atomic mass is 10.1. The first kappa shape index (κ1) is 7.25. The summed E-state index contributed by atoms with van der Waals surface area (Å²) < 4.78 is 0. The Hall–Kier alpha value is -0.860. The van der Waals surface area contributed by atoms with E-state index in [1.807, 2.05) is 30.3 Å². The minimum Gasteiger partial charge on any atom is -0.323 e. The summed E-state index contributed by atoms with van der Waals surface area (Å²) in [6, 6.07) is 9.58. The molecule has 1 atom stereocenters. The lowest BCUT2D eigenvalue weighted by Gasteiger charge is -2.06. The van der Waals surface area contributed by atoms with Gasteiger partial charge in [0.1, 0.15) is 0 Å². The van der Waals surface area contributed by atoms with Crippen LogP contribution < -0.4 is 11.5 Å². The Bertz CT molecular complexity index is 184. The molecule has 3 N–H and O–H groups in total. The summed E-state index contributed by atoms with van der Waals surface area (Å²) in [5.41, 5.74) is 13.7. The van der Waals surface area contributed by atoms with Gasteiger partial charge in [-0.05, 0) is 5.56 Å². The van der Waals surface area contributed by atoms with Gasteiger partial charge in [-0.2, -0.15) is 0 Å². The Morgan fingerprint density at radius 1 is 1.30 bits per heavy atom. The van der Waals surface area contributed by atoms with Crippen molar-refractivity contribution in [2.24, 2.45) is 5.73 Å². The predicted molar refractivity (Wildman–Crippen MR) is 41.3 cm³/mol. The summed E-state index contributed by atoms with van der Waals surface area (Å²) in [5, 5.41) is 0. The van der Waals surface area contributed by atoms with E-state index < -0.39 is 0 Å². The van der Waals surface area contributed by atoms with Gasteiger partial charge in [0.25, 0.3) is 0 Å². The van der Waals surface area contributed by atoms with Crippen LogP contribution in [0.15, 0.2) is 30.3 Å². The number of rotatable bonds is 2. The van der Waals surface area contributed by atoms with Crippen molar-refractivity contribution in [3.63, 3.8) is 0 Å². The van der Waals surface area contributed by atoms with Crippen LogP contribution >= 0.6 is 0 Å². The van der Waals surface area contributed by atoms with E-state index in [1.165, 1.54) is 0 Å². The van der Waals surface area contributed by atoms with Gasteiger partial charge in [0, 0.05) is 12.6 Å². The fourth-order valence-electron chi connectivity index (χ4n) is 0.818. The molecule has 1 rings (SSSR count). The maximum atomic E-state index is 7.02. The van der Waals surface area contributed by atoms with Crippen LogP contribution in [0.25, 0.3) is 0 Å². The first-order chi connectivity index (χ1) is 4.84. The molecule has 0 fully saturated rings. The molecule has 0 amide bonds. The molecule has 1 unspecified atom stereocenters. The highest BCUT2D eigenvalue weighted by atomic mass is 14.7. The van der Waals surface area contributed by atoms with E-state index in [9.17, 15) is 0 Å². The topological polar surface area (TPSA) is 49.8 Å². The van der Waals surface area contributed by atoms with Gasteiger partial charge < -0.3 is 5.73 Å². The second-order valence-corrected chi connectivity index (χ2v) is 2.22. The van der Waals surface area contributed by atoms with E-state index in [0.717, 1.165) is 5.56 Å². The van der Waals surface area contributed by atoms with Gasteiger partial charge in [-0.15, -0.1) is 0 Å². The number of nitrogens with one attached hydrogen (secondary N) is 1. The van der Waals surface area contributed by atoms with Crippen LogP contribution in [0, 0.1) is 0 Å². The van der Waals surface area contributed by atoms with Gasteiger partial charge in [-0.3, -0.25) is 5.73 Å². The van der Waals surface area contributed by atoms with Crippen molar-refractivity contribution >= 4 is 0 Å². The number of hydrogen-bond donors (Lipinski definition) is 1. The molecule has 1 radical (unpaired) electrons. The Labute approximate surface area is 60.8 Å². The number of benzene rings is 1. The standard InChI is InChI=1S/C8H11N2/c9-6-8(10)7-4-2-1-3-5-7/h1-5,8-9H,6,10H2. The van der Waals surface area contributed by atoms with Crippen LogP contribution in [-0.2, 0) is 0 Å². The van der Waals surface area contributed by atoms with Crippen LogP contribution in [0.5, 0.6) is 0 Å². The molecule has 10 heavy (non-hydrogen) atoms. The molecular formula is C8H11N2. The summed E-state index contributed by atoms with van der Waals surface area (Å²) in [7, 11) is 0. The quantitative estimate of drug-likeness (QED) is 0.645. The first-order valence-electron chi connectivity index (χ1n) is 3.29. The SMILES string of the molecule is [NH]CC(N)c1ccccc1. The van der Waals surface area contributed by atoms with Crippen molar-refractivity contribution in [3.05, 3.63) is 35.9 Å². The second-order valence-electron chi connectivity index (χ2n) is 2.22. The van der Waals surface area contributed by atoms with Gasteiger partial charge in [-0.1, -0.05) is 30.3 Å². The van der Waals surface area contributed by atoms with Crippen molar-refractivity contribution in [3.8, 4) is 0 Å². The van der Waals surface area contributed by atoms with Crippen molar-refractivity contribution in [2.75, 3.05) is 6.54 Å². The first-order valence-corrected chi connectivity index (χ1v) is 3.29. The summed E-state index contributed by atoms with van der Waals surface area (Å²) >= 11 is 0. The molecule has 0 aliphatic carbocycles. The minimum atomic E-state index is -0.124. The summed E-state index contributed by atoms with van der Waals surface area (Å²) in [4.78, 5) is 0. The van der Waals surface area contributed by atoms with Crippen LogP contribution in [0.1, 0.15) is 11.6 Å². The largest absolute Gasteiger partial charge is 0.323 e. The smallest absolute Gasteiger partial charge is 0.0435 e. The number of nitrogens with two attached hydrogens (primary N) is 1. The molecule has 0 heterocycles. The molecular weight excluding hydrogens is 124 g/mol. The van der Waals surface area contributed by atoms with Crippen LogP contribution in [0.3, 0.4) is 0 Å². The zero-order chi connectivity index (χ0) is 7.40. The molecule has 0 aromatic heterocycles. The predicted octanol–water partition coefficient (Wildman–Crippen LogP) is 0.969. The highest BCUT2D eigenvalue weighted by Crippen LogP contribution is 2.06. The Balaban J connectivity index is 2.75. The average Bonchev–Trinajstić information content (AvgIpc) is 2.05. The third kappa shape index (κ3) is 1.56. The normalized spacial score (nSPS) is 13.0. The lowest BCUT2D eigenvalue weighted by molar-refractivity contribution is 0.724. The van der Waals surface area contributed by atoms with E-state index in [4.69, 9.17) is 11.5 Å². The van der Waals surface area contributed by atoms with E-state index in [0.29, 0.717) is 0 Å². The van der Waals surface area contributed by atoms with Gasteiger partial charge in [0.2, 0.25) is 0 Å². The van der Waals surface area contributed by atoms with Crippen LogP contribution in [-0.4, -0.2) is 6.54 Å². The zero-order valence-electron chi connectivity index (χ0n) is 5.75. The maximum Gasteiger partial charge on any atom is 0.0435 e. The Kier molecular flexibility index (Phi) is 2.42. The highest BCUT2D eigenvalue weighted by Gasteiger charge is 1.99. The molecule has 0 saturated heterocycles. The summed E-state index contributed by atoms with van der Waals surface area (Å²) in [5.74, 6) is 0. The zero-order valence-corrected chi connectivity index (χ0v) is 5.75. The fourth-order valence-corrected chi connectivity index (χ4v) is 0.818. The molecule has 2 heteroatoms. The Morgan fingerprint density at radius 2 is 1.90 bits per heavy atom. The van der Waals surface area contributed by atoms with E-state index in [1.54, 1.807) is 0 Å². The third-order valence-electron chi connectivity index (χ3n) is 1.45. The van der Waals surface area contributed by atoms with Crippen molar-refractivity contribution in [1.29, 1.82) is 0 Å². The van der Waals surface area contributed by atoms with Crippen molar-refractivity contribution < 1.29 is 0 Å². The molecule has 53 valence electrons. The Morgan fingerprint density at radius 3 is 2.40 bits per heavy atom. The molecule has 0 saturated carbocycles. The third-order valence-corrected chi connectivity index (χ3v) is 1.45. The van der Waals surface area contributed by atoms with Gasteiger partial charge >= 0.3 is 0 Å². The highest BCUT2D eigenvalue weighted by molar-refractivity contribution is 5.18.